The number of ether oxygens (including phenoxy) is 1. The predicted octanol–water partition coefficient (Wildman–Crippen LogP) is 2.75. The maximum Gasteiger partial charge on any atom is 0.252 e. The molecule has 2 heterocycles. The van der Waals surface area contributed by atoms with Gasteiger partial charge in [-0.25, -0.2) is 0 Å². The predicted molar refractivity (Wildman–Crippen MR) is 79.8 cm³/mol. The van der Waals surface area contributed by atoms with Gasteiger partial charge in [-0.2, -0.15) is 0 Å². The van der Waals surface area contributed by atoms with Gasteiger partial charge in [-0.3, -0.25) is 4.79 Å². The lowest BCUT2D eigenvalue weighted by molar-refractivity contribution is -0.148. The maximum absolute atomic E-state index is 12.3. The number of hydrogen-bond acceptors (Lipinski definition) is 2. The van der Waals surface area contributed by atoms with Crippen LogP contribution in [0.3, 0.4) is 0 Å². The molecule has 2 saturated heterocycles. The summed E-state index contributed by atoms with van der Waals surface area (Å²) in [7, 11) is 1.89. The normalized spacial score (nSPS) is 30.9. The van der Waals surface area contributed by atoms with Gasteiger partial charge in [0.15, 0.2) is 0 Å². The number of carbonyl (C=O) groups excluding carboxylic acids is 1. The van der Waals surface area contributed by atoms with Crippen LogP contribution in [0.4, 0.5) is 0 Å². The molecule has 2 aliphatic rings. The highest BCUT2D eigenvalue weighted by atomic mass is 16.5. The highest BCUT2D eigenvalue weighted by Gasteiger charge is 2.58. The van der Waals surface area contributed by atoms with Gasteiger partial charge in [0.05, 0.1) is 6.04 Å². The van der Waals surface area contributed by atoms with Gasteiger partial charge < -0.3 is 9.64 Å². The Morgan fingerprint density at radius 3 is 2.05 bits per heavy atom. The molecule has 0 N–H and O–H groups in total. The van der Waals surface area contributed by atoms with Crippen LogP contribution in [0.1, 0.15) is 23.1 Å². The highest BCUT2D eigenvalue weighted by molar-refractivity contribution is 5.86. The summed E-state index contributed by atoms with van der Waals surface area (Å²) in [6.07, 6.45) is -0.392. The lowest BCUT2D eigenvalue weighted by Crippen LogP contribution is -2.40. The van der Waals surface area contributed by atoms with Crippen molar-refractivity contribution in [2.24, 2.45) is 0 Å². The van der Waals surface area contributed by atoms with E-state index in [2.05, 4.69) is 24.3 Å². The number of carbonyl (C=O) groups is 1. The van der Waals surface area contributed by atoms with Crippen molar-refractivity contribution in [1.82, 2.24) is 4.90 Å². The van der Waals surface area contributed by atoms with Crippen LogP contribution in [0.5, 0.6) is 0 Å². The minimum Gasteiger partial charge on any atom is -0.358 e. The van der Waals surface area contributed by atoms with E-state index in [9.17, 15) is 4.79 Å². The van der Waals surface area contributed by atoms with Crippen molar-refractivity contribution in [2.45, 2.75) is 24.2 Å². The van der Waals surface area contributed by atoms with Gasteiger partial charge in [0, 0.05) is 13.0 Å². The van der Waals surface area contributed by atoms with E-state index >= 15 is 0 Å². The Kier molecular flexibility index (Phi) is 2.82. The van der Waals surface area contributed by atoms with E-state index < -0.39 is 0 Å². The van der Waals surface area contributed by atoms with Crippen LogP contribution in [0, 0.1) is 0 Å². The fraction of sp³-hybridized carbons (Fsp3) is 0.278. The molecule has 2 aliphatic heterocycles. The fourth-order valence-electron chi connectivity index (χ4n) is 3.66. The first-order chi connectivity index (χ1) is 10.3. The molecule has 0 saturated carbocycles. The zero-order valence-electron chi connectivity index (χ0n) is 11.8. The molecule has 0 unspecified atom stereocenters. The SMILES string of the molecule is CN1C(=O)[C@H]2O[C@@H](c3ccccc3)[C@@H]1[C@@H]2c1ccccc1. The molecule has 1 amide bonds. The van der Waals surface area contributed by atoms with Crippen LogP contribution in [0.25, 0.3) is 0 Å². The first-order valence-electron chi connectivity index (χ1n) is 7.29. The summed E-state index contributed by atoms with van der Waals surface area (Å²) in [6, 6.07) is 20.5. The number of rotatable bonds is 2. The number of hydrogen-bond donors (Lipinski definition) is 0. The van der Waals surface area contributed by atoms with Crippen molar-refractivity contribution < 1.29 is 9.53 Å². The van der Waals surface area contributed by atoms with Crippen molar-refractivity contribution in [3.8, 4) is 0 Å². The van der Waals surface area contributed by atoms with Crippen molar-refractivity contribution in [1.29, 1.82) is 0 Å². The molecule has 0 aromatic heterocycles. The third-order valence-electron chi connectivity index (χ3n) is 4.65. The van der Waals surface area contributed by atoms with E-state index in [-0.39, 0.29) is 30.1 Å². The molecule has 2 bridgehead atoms. The van der Waals surface area contributed by atoms with E-state index in [1.165, 1.54) is 5.56 Å². The topological polar surface area (TPSA) is 29.5 Å². The van der Waals surface area contributed by atoms with Crippen molar-refractivity contribution >= 4 is 5.91 Å². The number of likely N-dealkylation sites (tertiary alicyclic amines) is 1. The average Bonchev–Trinajstić information content (AvgIpc) is 3.04. The monoisotopic (exact) mass is 279 g/mol. The second-order valence-electron chi connectivity index (χ2n) is 5.76. The zero-order valence-corrected chi connectivity index (χ0v) is 11.8. The minimum atomic E-state index is -0.354. The number of nitrogens with zero attached hydrogens (tertiary/aromatic N) is 1. The highest BCUT2D eigenvalue weighted by Crippen LogP contribution is 2.50. The number of benzene rings is 2. The molecular formula is C18H17NO2. The molecule has 3 nitrogen and oxygen atoms in total. The Hall–Kier alpha value is -2.13. The third-order valence-corrected chi connectivity index (χ3v) is 4.65. The second-order valence-corrected chi connectivity index (χ2v) is 5.76. The fourth-order valence-corrected chi connectivity index (χ4v) is 3.66. The lowest BCUT2D eigenvalue weighted by Gasteiger charge is -2.30. The first-order valence-corrected chi connectivity index (χ1v) is 7.29. The van der Waals surface area contributed by atoms with Crippen LogP contribution >= 0.6 is 0 Å². The summed E-state index contributed by atoms with van der Waals surface area (Å²) in [5.41, 5.74) is 2.33. The summed E-state index contributed by atoms with van der Waals surface area (Å²) < 4.78 is 6.10. The molecule has 2 fully saturated rings. The van der Waals surface area contributed by atoms with Crippen LogP contribution in [-0.4, -0.2) is 30.0 Å². The number of morpholine rings is 1. The van der Waals surface area contributed by atoms with Crippen LogP contribution in [-0.2, 0) is 9.53 Å². The number of fused-ring (bicyclic) bond motifs is 2. The molecule has 4 rings (SSSR count). The van der Waals surface area contributed by atoms with Gasteiger partial charge in [-0.05, 0) is 11.1 Å². The zero-order chi connectivity index (χ0) is 14.4. The quantitative estimate of drug-likeness (QED) is 0.846. The van der Waals surface area contributed by atoms with E-state index in [1.807, 2.05) is 48.3 Å². The van der Waals surface area contributed by atoms with Gasteiger partial charge in [-0.15, -0.1) is 0 Å². The van der Waals surface area contributed by atoms with Gasteiger partial charge in [0.1, 0.15) is 12.2 Å². The Labute approximate surface area is 124 Å². The largest absolute Gasteiger partial charge is 0.358 e. The molecule has 0 aliphatic carbocycles. The average molecular weight is 279 g/mol. The minimum absolute atomic E-state index is 0.0379. The van der Waals surface area contributed by atoms with Crippen LogP contribution < -0.4 is 0 Å². The summed E-state index contributed by atoms with van der Waals surface area (Å²) in [4.78, 5) is 14.2. The maximum atomic E-state index is 12.3. The van der Waals surface area contributed by atoms with Crippen molar-refractivity contribution in [3.05, 3.63) is 71.8 Å². The van der Waals surface area contributed by atoms with E-state index in [0.29, 0.717) is 0 Å². The lowest BCUT2D eigenvalue weighted by atomic mass is 9.88. The van der Waals surface area contributed by atoms with E-state index in [4.69, 9.17) is 4.74 Å². The van der Waals surface area contributed by atoms with E-state index in [0.717, 1.165) is 5.56 Å². The van der Waals surface area contributed by atoms with Crippen molar-refractivity contribution in [2.75, 3.05) is 7.05 Å². The third kappa shape index (κ3) is 1.81. The molecule has 21 heavy (non-hydrogen) atoms. The Morgan fingerprint density at radius 2 is 1.43 bits per heavy atom. The summed E-state index contributed by atoms with van der Waals surface area (Å²) in [5, 5.41) is 0. The molecule has 2 aromatic rings. The molecule has 106 valence electrons. The molecule has 0 radical (unpaired) electrons. The Balaban J connectivity index is 1.75. The molecule has 3 heteroatoms. The molecular weight excluding hydrogens is 262 g/mol. The molecule has 4 atom stereocenters. The number of likely N-dealkylation sites (N-methyl/N-ethyl adjacent to an activating group) is 1. The van der Waals surface area contributed by atoms with E-state index in [1.54, 1.807) is 0 Å². The Bertz CT molecular complexity index is 655. The smallest absolute Gasteiger partial charge is 0.252 e. The summed E-state index contributed by atoms with van der Waals surface area (Å²) in [6.45, 7) is 0. The van der Waals surface area contributed by atoms with Crippen LogP contribution in [0.15, 0.2) is 60.7 Å². The van der Waals surface area contributed by atoms with Crippen molar-refractivity contribution in [3.63, 3.8) is 0 Å². The summed E-state index contributed by atoms with van der Waals surface area (Å²) >= 11 is 0. The van der Waals surface area contributed by atoms with Gasteiger partial charge >= 0.3 is 0 Å². The summed E-state index contributed by atoms with van der Waals surface area (Å²) in [5.74, 6) is 0.218. The molecule has 0 spiro atoms. The van der Waals surface area contributed by atoms with Gasteiger partial charge in [0.25, 0.3) is 5.91 Å². The first kappa shape index (κ1) is 12.6. The van der Waals surface area contributed by atoms with Gasteiger partial charge in [-0.1, -0.05) is 60.7 Å². The Morgan fingerprint density at radius 1 is 0.857 bits per heavy atom. The van der Waals surface area contributed by atoms with Gasteiger partial charge in [0.2, 0.25) is 0 Å². The molecule has 2 aromatic carbocycles. The number of amides is 1. The second kappa shape index (κ2) is 4.71. The van der Waals surface area contributed by atoms with Crippen LogP contribution in [0.2, 0.25) is 0 Å². The standard InChI is InChI=1S/C18H17NO2/c1-19-15-14(12-8-4-2-5-9-12)17(18(19)20)21-16(15)13-10-6-3-7-11-13/h2-11,14-17H,1H3/t14-,15-,16-,17-/m0/s1.